The Balaban J connectivity index is 1.56. The van der Waals surface area contributed by atoms with Gasteiger partial charge in [0, 0.05) is 21.9 Å². The van der Waals surface area contributed by atoms with E-state index in [4.69, 9.17) is 0 Å². The normalized spacial score (nSPS) is 14.1. The van der Waals surface area contributed by atoms with E-state index in [9.17, 15) is 14.4 Å². The molecule has 0 radical (unpaired) electrons. The molecule has 7 heteroatoms. The van der Waals surface area contributed by atoms with Crippen LogP contribution in [-0.2, 0) is 0 Å². The van der Waals surface area contributed by atoms with Gasteiger partial charge < -0.3 is 0 Å². The Morgan fingerprint density at radius 3 is 2.39 bits per heavy atom. The highest BCUT2D eigenvalue weighted by Crippen LogP contribution is 2.30. The summed E-state index contributed by atoms with van der Waals surface area (Å²) in [6.45, 7) is 0. The first kappa shape index (κ1) is 16.1. The second-order valence-corrected chi connectivity index (χ2v) is 6.39. The van der Waals surface area contributed by atoms with Crippen molar-refractivity contribution in [1.82, 2.24) is 15.6 Å². The van der Waals surface area contributed by atoms with E-state index in [0.29, 0.717) is 21.9 Å². The summed E-state index contributed by atoms with van der Waals surface area (Å²) in [4.78, 5) is 37.2. The SMILES string of the molecule is O=C(N/N=C1/C(=O)c2cccc3cccc1c23)c1n[nH]c(=O)c2ccccc12. The molecule has 3 aromatic carbocycles. The fourth-order valence-corrected chi connectivity index (χ4v) is 3.54. The van der Waals surface area contributed by atoms with Gasteiger partial charge in [0.15, 0.2) is 5.69 Å². The Morgan fingerprint density at radius 2 is 1.61 bits per heavy atom. The summed E-state index contributed by atoms with van der Waals surface area (Å²) in [6.07, 6.45) is 0. The minimum atomic E-state index is -0.615. The van der Waals surface area contributed by atoms with Gasteiger partial charge in [0.2, 0.25) is 5.78 Å². The number of hydrazone groups is 1. The van der Waals surface area contributed by atoms with Crippen molar-refractivity contribution in [3.63, 3.8) is 0 Å². The maximum atomic E-state index is 12.7. The molecule has 28 heavy (non-hydrogen) atoms. The number of fused-ring (bicyclic) bond motifs is 1. The van der Waals surface area contributed by atoms with Crippen LogP contribution >= 0.6 is 0 Å². The molecule has 134 valence electrons. The molecule has 1 aliphatic rings. The number of carbonyl (C=O) groups excluding carboxylic acids is 2. The molecule has 0 unspecified atom stereocenters. The molecule has 0 saturated heterocycles. The number of Topliss-reactive ketones (excluding diaryl/α,β-unsaturated/α-hetero) is 1. The van der Waals surface area contributed by atoms with Gasteiger partial charge in [-0.25, -0.2) is 10.5 Å². The lowest BCUT2D eigenvalue weighted by molar-refractivity contribution is 0.0950. The Bertz CT molecular complexity index is 1400. The van der Waals surface area contributed by atoms with E-state index >= 15 is 0 Å². The molecule has 0 aliphatic heterocycles. The lowest BCUT2D eigenvalue weighted by Crippen LogP contribution is -2.25. The monoisotopic (exact) mass is 368 g/mol. The second-order valence-electron chi connectivity index (χ2n) is 6.39. The van der Waals surface area contributed by atoms with E-state index in [1.807, 2.05) is 24.3 Å². The van der Waals surface area contributed by atoms with Crippen LogP contribution in [0.2, 0.25) is 0 Å². The van der Waals surface area contributed by atoms with Crippen molar-refractivity contribution in [2.75, 3.05) is 0 Å². The number of rotatable bonds is 2. The van der Waals surface area contributed by atoms with Crippen LogP contribution in [0.3, 0.4) is 0 Å². The smallest absolute Gasteiger partial charge is 0.287 e. The van der Waals surface area contributed by atoms with Crippen molar-refractivity contribution in [3.8, 4) is 0 Å². The standard InChI is InChI=1S/C21H12N4O3/c26-19-15-10-4-6-11-5-3-9-14(16(11)15)17(19)22-25-21(28)18-12-7-1-2-8-13(12)20(27)24-23-18/h1-10H,(H,24,27)(H,25,28)/b22-17+. The molecule has 0 spiro atoms. The molecule has 1 heterocycles. The Kier molecular flexibility index (Phi) is 3.42. The third-order valence-corrected chi connectivity index (χ3v) is 4.80. The van der Waals surface area contributed by atoms with Crippen molar-refractivity contribution in [2.45, 2.75) is 0 Å². The van der Waals surface area contributed by atoms with Gasteiger partial charge in [0.05, 0.1) is 5.39 Å². The van der Waals surface area contributed by atoms with E-state index in [-0.39, 0.29) is 22.7 Å². The Labute approximate surface area is 157 Å². The number of nitrogens with one attached hydrogen (secondary N) is 2. The van der Waals surface area contributed by atoms with Crippen molar-refractivity contribution in [3.05, 3.63) is 87.8 Å². The molecule has 0 atom stereocenters. The van der Waals surface area contributed by atoms with E-state index in [2.05, 4.69) is 20.7 Å². The highest BCUT2D eigenvalue weighted by atomic mass is 16.2. The molecule has 0 bridgehead atoms. The first-order valence-electron chi connectivity index (χ1n) is 8.57. The zero-order chi connectivity index (χ0) is 19.3. The number of ketones is 1. The van der Waals surface area contributed by atoms with Crippen molar-refractivity contribution in [1.29, 1.82) is 0 Å². The highest BCUT2D eigenvalue weighted by molar-refractivity contribution is 6.59. The van der Waals surface area contributed by atoms with Gasteiger partial charge in [-0.3, -0.25) is 14.4 Å². The van der Waals surface area contributed by atoms with Gasteiger partial charge in [-0.2, -0.15) is 10.2 Å². The molecule has 0 saturated carbocycles. The average Bonchev–Trinajstić information content (AvgIpc) is 3.00. The van der Waals surface area contributed by atoms with Crippen LogP contribution in [-0.4, -0.2) is 27.6 Å². The molecule has 0 fully saturated rings. The van der Waals surface area contributed by atoms with Crippen molar-refractivity contribution in [2.24, 2.45) is 5.10 Å². The third-order valence-electron chi connectivity index (χ3n) is 4.80. The predicted molar refractivity (Wildman–Crippen MR) is 105 cm³/mol. The number of benzene rings is 3. The van der Waals surface area contributed by atoms with Crippen molar-refractivity contribution < 1.29 is 9.59 Å². The van der Waals surface area contributed by atoms with Gasteiger partial charge in [-0.15, -0.1) is 0 Å². The topological polar surface area (TPSA) is 104 Å². The number of aromatic amines is 1. The van der Waals surface area contributed by atoms with E-state index < -0.39 is 5.91 Å². The maximum absolute atomic E-state index is 12.7. The fraction of sp³-hybridized carbons (Fsp3) is 0. The average molecular weight is 368 g/mol. The minimum Gasteiger partial charge on any atom is -0.287 e. The molecule has 1 amide bonds. The maximum Gasteiger partial charge on any atom is 0.292 e. The Morgan fingerprint density at radius 1 is 0.893 bits per heavy atom. The zero-order valence-corrected chi connectivity index (χ0v) is 14.4. The lowest BCUT2D eigenvalue weighted by Gasteiger charge is -2.04. The molecule has 7 nitrogen and oxygen atoms in total. The quantitative estimate of drug-likeness (QED) is 0.530. The first-order chi connectivity index (χ1) is 13.6. The van der Waals surface area contributed by atoms with Crippen LogP contribution in [0.25, 0.3) is 21.5 Å². The summed E-state index contributed by atoms with van der Waals surface area (Å²) in [5.74, 6) is -0.859. The molecule has 4 aromatic rings. The van der Waals surface area contributed by atoms with E-state index in [1.165, 1.54) is 0 Å². The number of aromatic nitrogens is 2. The molecule has 1 aliphatic carbocycles. The van der Waals surface area contributed by atoms with Crippen LogP contribution in [0, 0.1) is 0 Å². The summed E-state index contributed by atoms with van der Waals surface area (Å²) in [7, 11) is 0. The third kappa shape index (κ3) is 2.26. The van der Waals surface area contributed by atoms with Gasteiger partial charge in [-0.1, -0.05) is 54.6 Å². The van der Waals surface area contributed by atoms with E-state index in [0.717, 1.165) is 10.8 Å². The van der Waals surface area contributed by atoms with Gasteiger partial charge >= 0.3 is 0 Å². The summed E-state index contributed by atoms with van der Waals surface area (Å²) < 4.78 is 0. The lowest BCUT2D eigenvalue weighted by atomic mass is 10.1. The largest absolute Gasteiger partial charge is 0.292 e. The van der Waals surface area contributed by atoms with Crippen molar-refractivity contribution >= 4 is 38.9 Å². The van der Waals surface area contributed by atoms with Crippen LogP contribution < -0.4 is 11.0 Å². The second kappa shape index (κ2) is 5.95. The summed E-state index contributed by atoms with van der Waals surface area (Å²) in [6, 6.07) is 17.7. The highest BCUT2D eigenvalue weighted by Gasteiger charge is 2.29. The van der Waals surface area contributed by atoms with Crippen LogP contribution in [0.5, 0.6) is 0 Å². The Hall–Kier alpha value is -4.13. The number of hydrogen-bond donors (Lipinski definition) is 2. The molecular weight excluding hydrogens is 356 g/mol. The number of amides is 1. The van der Waals surface area contributed by atoms with Gasteiger partial charge in [0.1, 0.15) is 5.71 Å². The van der Waals surface area contributed by atoms with Crippen LogP contribution in [0.4, 0.5) is 0 Å². The number of hydrogen-bond acceptors (Lipinski definition) is 5. The summed E-state index contributed by atoms with van der Waals surface area (Å²) in [5.41, 5.74) is 3.47. The summed E-state index contributed by atoms with van der Waals surface area (Å²) >= 11 is 0. The molecule has 2 N–H and O–H groups in total. The minimum absolute atomic E-state index is 0.0284. The number of carbonyl (C=O) groups is 2. The number of H-pyrrole nitrogens is 1. The molecule has 5 rings (SSSR count). The van der Waals surface area contributed by atoms with E-state index in [1.54, 1.807) is 36.4 Å². The van der Waals surface area contributed by atoms with Crippen LogP contribution in [0.15, 0.2) is 70.6 Å². The zero-order valence-electron chi connectivity index (χ0n) is 14.4. The number of nitrogens with zero attached hydrogens (tertiary/aromatic N) is 2. The first-order valence-corrected chi connectivity index (χ1v) is 8.57. The molecular formula is C21H12N4O3. The summed E-state index contributed by atoms with van der Waals surface area (Å²) in [5, 5.41) is 12.8. The fourth-order valence-electron chi connectivity index (χ4n) is 3.54. The van der Waals surface area contributed by atoms with Crippen LogP contribution in [0.1, 0.15) is 26.4 Å². The van der Waals surface area contributed by atoms with Gasteiger partial charge in [-0.05, 0) is 11.5 Å². The molecule has 1 aromatic heterocycles. The van der Waals surface area contributed by atoms with Gasteiger partial charge in [0.25, 0.3) is 11.5 Å². The predicted octanol–water partition coefficient (Wildman–Crippen LogP) is 2.41.